The maximum absolute atomic E-state index is 12.2. The summed E-state index contributed by atoms with van der Waals surface area (Å²) in [5, 5.41) is 3.73. The molecule has 1 atom stereocenters. The summed E-state index contributed by atoms with van der Waals surface area (Å²) >= 11 is 5.99. The Bertz CT molecular complexity index is 418. The van der Waals surface area contributed by atoms with E-state index in [0.29, 0.717) is 17.6 Å². The van der Waals surface area contributed by atoms with Gasteiger partial charge in [-0.3, -0.25) is 4.79 Å². The molecule has 1 unspecified atom stereocenters. The summed E-state index contributed by atoms with van der Waals surface area (Å²) in [6.45, 7) is 0.605. The zero-order valence-corrected chi connectivity index (χ0v) is 11.1. The summed E-state index contributed by atoms with van der Waals surface area (Å²) in [6, 6.07) is 7.92. The zero-order chi connectivity index (χ0) is 13.0. The van der Waals surface area contributed by atoms with Crippen molar-refractivity contribution in [3.63, 3.8) is 0 Å². The normalized spacial score (nSPS) is 16.3. The first-order valence-corrected chi connectivity index (χ1v) is 6.84. The van der Waals surface area contributed by atoms with Gasteiger partial charge in [-0.15, -0.1) is 0 Å². The van der Waals surface area contributed by atoms with Gasteiger partial charge in [-0.05, 0) is 49.9 Å². The molecule has 3 N–H and O–H groups in total. The fourth-order valence-corrected chi connectivity index (χ4v) is 2.22. The molecule has 0 spiro atoms. The van der Waals surface area contributed by atoms with Crippen molar-refractivity contribution in [2.45, 2.75) is 37.6 Å². The van der Waals surface area contributed by atoms with Crippen molar-refractivity contribution in [2.75, 3.05) is 6.54 Å². The SMILES string of the molecule is NCCCC(C(=O)NC1CC1)c1cccc(Cl)c1. The molecule has 3 nitrogen and oxygen atoms in total. The Morgan fingerprint density at radius 3 is 2.89 bits per heavy atom. The molecule has 4 heteroatoms. The molecule has 18 heavy (non-hydrogen) atoms. The number of carbonyl (C=O) groups excluding carboxylic acids is 1. The highest BCUT2D eigenvalue weighted by Gasteiger charge is 2.28. The molecular formula is C14H19ClN2O. The van der Waals surface area contributed by atoms with Crippen LogP contribution in [0.15, 0.2) is 24.3 Å². The van der Waals surface area contributed by atoms with Crippen LogP contribution in [0, 0.1) is 0 Å². The van der Waals surface area contributed by atoms with Crippen molar-refractivity contribution >= 4 is 17.5 Å². The Morgan fingerprint density at radius 2 is 2.28 bits per heavy atom. The fourth-order valence-electron chi connectivity index (χ4n) is 2.02. The number of benzene rings is 1. The van der Waals surface area contributed by atoms with Gasteiger partial charge in [-0.25, -0.2) is 0 Å². The quantitative estimate of drug-likeness (QED) is 0.831. The number of nitrogens with one attached hydrogen (secondary N) is 1. The summed E-state index contributed by atoms with van der Waals surface area (Å²) in [5.74, 6) is -0.0268. The monoisotopic (exact) mass is 266 g/mol. The molecule has 1 aliphatic carbocycles. The first-order valence-electron chi connectivity index (χ1n) is 6.46. The van der Waals surface area contributed by atoms with E-state index < -0.39 is 0 Å². The van der Waals surface area contributed by atoms with Crippen LogP contribution in [-0.2, 0) is 4.79 Å². The van der Waals surface area contributed by atoms with Crippen LogP contribution in [0.3, 0.4) is 0 Å². The number of nitrogens with two attached hydrogens (primary N) is 1. The lowest BCUT2D eigenvalue weighted by molar-refractivity contribution is -0.122. The minimum absolute atomic E-state index is 0.105. The number of amides is 1. The molecule has 0 aromatic heterocycles. The van der Waals surface area contributed by atoms with Gasteiger partial charge in [-0.1, -0.05) is 23.7 Å². The predicted octanol–water partition coefficient (Wildman–Crippen LogP) is 2.44. The van der Waals surface area contributed by atoms with Gasteiger partial charge in [0.15, 0.2) is 0 Å². The van der Waals surface area contributed by atoms with Gasteiger partial charge in [-0.2, -0.15) is 0 Å². The average molecular weight is 267 g/mol. The Balaban J connectivity index is 2.09. The first-order chi connectivity index (χ1) is 8.70. The molecule has 1 aliphatic rings. The predicted molar refractivity (Wildman–Crippen MR) is 73.6 cm³/mol. The van der Waals surface area contributed by atoms with Crippen LogP contribution in [0.2, 0.25) is 5.02 Å². The highest BCUT2D eigenvalue weighted by atomic mass is 35.5. The standard InChI is InChI=1S/C14H19ClN2O/c15-11-4-1-3-10(9-11)13(5-2-8-16)14(18)17-12-6-7-12/h1,3-4,9,12-13H,2,5-8,16H2,(H,17,18). The highest BCUT2D eigenvalue weighted by molar-refractivity contribution is 6.30. The maximum atomic E-state index is 12.2. The van der Waals surface area contributed by atoms with Gasteiger partial charge >= 0.3 is 0 Å². The van der Waals surface area contributed by atoms with Crippen LogP contribution >= 0.6 is 11.6 Å². The summed E-state index contributed by atoms with van der Waals surface area (Å²) in [4.78, 5) is 12.2. The van der Waals surface area contributed by atoms with Crippen molar-refractivity contribution in [3.05, 3.63) is 34.9 Å². The summed E-state index contributed by atoms with van der Waals surface area (Å²) in [5.41, 5.74) is 6.52. The molecule has 1 amide bonds. The van der Waals surface area contributed by atoms with Crippen molar-refractivity contribution in [3.8, 4) is 0 Å². The smallest absolute Gasteiger partial charge is 0.227 e. The summed E-state index contributed by atoms with van der Waals surface area (Å²) in [6.07, 6.45) is 3.82. The van der Waals surface area contributed by atoms with Crippen LogP contribution in [0.5, 0.6) is 0 Å². The van der Waals surface area contributed by atoms with Crippen molar-refractivity contribution in [1.82, 2.24) is 5.32 Å². The number of hydrogen-bond donors (Lipinski definition) is 2. The second-order valence-electron chi connectivity index (χ2n) is 4.82. The van der Waals surface area contributed by atoms with Crippen LogP contribution in [0.25, 0.3) is 0 Å². The van der Waals surface area contributed by atoms with Gasteiger partial charge in [0.05, 0.1) is 5.92 Å². The topological polar surface area (TPSA) is 55.1 Å². The molecular weight excluding hydrogens is 248 g/mol. The van der Waals surface area contributed by atoms with Gasteiger partial charge in [0.25, 0.3) is 0 Å². The van der Waals surface area contributed by atoms with Crippen LogP contribution in [-0.4, -0.2) is 18.5 Å². The van der Waals surface area contributed by atoms with Gasteiger partial charge in [0, 0.05) is 11.1 Å². The molecule has 1 saturated carbocycles. The maximum Gasteiger partial charge on any atom is 0.227 e. The van der Waals surface area contributed by atoms with E-state index in [1.807, 2.05) is 24.3 Å². The Kier molecular flexibility index (Phi) is 4.61. The molecule has 0 aliphatic heterocycles. The molecule has 0 heterocycles. The number of carbonyl (C=O) groups is 1. The lowest BCUT2D eigenvalue weighted by Gasteiger charge is -2.17. The molecule has 0 radical (unpaired) electrons. The zero-order valence-electron chi connectivity index (χ0n) is 10.4. The largest absolute Gasteiger partial charge is 0.353 e. The van der Waals surface area contributed by atoms with Gasteiger partial charge in [0.2, 0.25) is 5.91 Å². The molecule has 0 saturated heterocycles. The van der Waals surface area contributed by atoms with E-state index in [4.69, 9.17) is 17.3 Å². The lowest BCUT2D eigenvalue weighted by atomic mass is 9.93. The molecule has 0 bridgehead atoms. The fraction of sp³-hybridized carbons (Fsp3) is 0.500. The van der Waals surface area contributed by atoms with E-state index in [1.54, 1.807) is 0 Å². The summed E-state index contributed by atoms with van der Waals surface area (Å²) in [7, 11) is 0. The molecule has 1 fully saturated rings. The Morgan fingerprint density at radius 1 is 1.50 bits per heavy atom. The van der Waals surface area contributed by atoms with E-state index in [0.717, 1.165) is 31.2 Å². The Labute approximate surface area is 113 Å². The Hall–Kier alpha value is -1.06. The molecule has 2 rings (SSSR count). The van der Waals surface area contributed by atoms with Crippen LogP contribution in [0.4, 0.5) is 0 Å². The van der Waals surface area contributed by atoms with Gasteiger partial charge in [0.1, 0.15) is 0 Å². The van der Waals surface area contributed by atoms with E-state index in [9.17, 15) is 4.79 Å². The van der Waals surface area contributed by atoms with Crippen LogP contribution in [0.1, 0.15) is 37.2 Å². The molecule has 98 valence electrons. The average Bonchev–Trinajstić information content (AvgIpc) is 3.13. The number of hydrogen-bond acceptors (Lipinski definition) is 2. The van der Waals surface area contributed by atoms with E-state index in [1.165, 1.54) is 0 Å². The van der Waals surface area contributed by atoms with Crippen LogP contribution < -0.4 is 11.1 Å². The summed E-state index contributed by atoms with van der Waals surface area (Å²) < 4.78 is 0. The van der Waals surface area contributed by atoms with Gasteiger partial charge < -0.3 is 11.1 Å². The number of halogens is 1. The number of rotatable bonds is 6. The highest BCUT2D eigenvalue weighted by Crippen LogP contribution is 2.26. The molecule has 1 aromatic carbocycles. The third kappa shape index (κ3) is 3.72. The first kappa shape index (κ1) is 13.4. The van der Waals surface area contributed by atoms with Crippen molar-refractivity contribution < 1.29 is 4.79 Å². The lowest BCUT2D eigenvalue weighted by Crippen LogP contribution is -2.31. The second-order valence-corrected chi connectivity index (χ2v) is 5.26. The second kappa shape index (κ2) is 6.21. The third-order valence-electron chi connectivity index (χ3n) is 3.19. The van der Waals surface area contributed by atoms with E-state index in [2.05, 4.69) is 5.32 Å². The molecule has 1 aromatic rings. The third-order valence-corrected chi connectivity index (χ3v) is 3.42. The minimum atomic E-state index is -0.132. The van der Waals surface area contributed by atoms with Crippen molar-refractivity contribution in [2.24, 2.45) is 5.73 Å². The van der Waals surface area contributed by atoms with E-state index in [-0.39, 0.29) is 11.8 Å². The minimum Gasteiger partial charge on any atom is -0.353 e. The van der Waals surface area contributed by atoms with E-state index >= 15 is 0 Å². The van der Waals surface area contributed by atoms with Crippen molar-refractivity contribution in [1.29, 1.82) is 0 Å².